The van der Waals surface area contributed by atoms with Crippen LogP contribution in [0, 0.1) is 13.8 Å². The summed E-state index contributed by atoms with van der Waals surface area (Å²) in [4.78, 5) is 16.3. The number of methoxy groups -OCH3 is 1. The number of rotatable bonds is 5. The summed E-state index contributed by atoms with van der Waals surface area (Å²) < 4.78 is 10.6. The molecule has 0 radical (unpaired) electrons. The van der Waals surface area contributed by atoms with Gasteiger partial charge in [-0.05, 0) is 19.1 Å². The van der Waals surface area contributed by atoms with Crippen LogP contribution in [0.5, 0.6) is 5.75 Å². The number of hydrogen-bond acceptors (Lipinski definition) is 4. The molecule has 0 atom stereocenters. The molecule has 106 valence electrons. The summed E-state index contributed by atoms with van der Waals surface area (Å²) >= 11 is 0. The van der Waals surface area contributed by atoms with Crippen LogP contribution in [0.3, 0.4) is 0 Å². The Labute approximate surface area is 118 Å². The zero-order valence-corrected chi connectivity index (χ0v) is 11.9. The van der Waals surface area contributed by atoms with Gasteiger partial charge in [0.2, 0.25) is 0 Å². The summed E-state index contributed by atoms with van der Waals surface area (Å²) in [5.41, 5.74) is 1.40. The Morgan fingerprint density at radius 1 is 1.35 bits per heavy atom. The Kier molecular flexibility index (Phi) is 4.40. The van der Waals surface area contributed by atoms with E-state index in [4.69, 9.17) is 9.15 Å². The predicted octanol–water partition coefficient (Wildman–Crippen LogP) is 2.27. The van der Waals surface area contributed by atoms with Gasteiger partial charge < -0.3 is 14.5 Å². The summed E-state index contributed by atoms with van der Waals surface area (Å²) in [6, 6.07) is 7.13. The van der Waals surface area contributed by atoms with Gasteiger partial charge in [-0.25, -0.2) is 4.98 Å². The Morgan fingerprint density at radius 2 is 2.10 bits per heavy atom. The highest BCUT2D eigenvalue weighted by Crippen LogP contribution is 2.17. The molecule has 1 amide bonds. The normalized spacial score (nSPS) is 10.3. The lowest BCUT2D eigenvalue weighted by atomic mass is 10.2. The molecule has 0 bridgehead atoms. The molecule has 1 aromatic carbocycles. The molecule has 0 spiro atoms. The Hall–Kier alpha value is -2.30. The molecule has 0 fully saturated rings. The molecule has 2 rings (SSSR count). The van der Waals surface area contributed by atoms with Gasteiger partial charge in [-0.2, -0.15) is 0 Å². The predicted molar refractivity (Wildman–Crippen MR) is 75.0 cm³/mol. The Bertz CT molecular complexity index is 605. The van der Waals surface area contributed by atoms with Crippen LogP contribution in [-0.4, -0.2) is 24.5 Å². The summed E-state index contributed by atoms with van der Waals surface area (Å²) in [6.45, 7) is 4.20. The highest BCUT2D eigenvalue weighted by Gasteiger charge is 2.12. The van der Waals surface area contributed by atoms with Crippen molar-refractivity contribution in [3.63, 3.8) is 0 Å². The number of carbonyl (C=O) groups excluding carboxylic acids is 1. The highest BCUT2D eigenvalue weighted by atomic mass is 16.5. The first-order valence-corrected chi connectivity index (χ1v) is 6.46. The van der Waals surface area contributed by atoms with E-state index in [0.717, 1.165) is 11.5 Å². The number of carbonyl (C=O) groups is 1. The maximum Gasteiger partial charge on any atom is 0.255 e. The topological polar surface area (TPSA) is 64.4 Å². The lowest BCUT2D eigenvalue weighted by Gasteiger charge is -2.08. The number of aryl methyl sites for hydroxylation is 2. The van der Waals surface area contributed by atoms with Gasteiger partial charge in [-0.15, -0.1) is 0 Å². The van der Waals surface area contributed by atoms with Crippen LogP contribution in [0.1, 0.15) is 27.7 Å². The number of ether oxygens (including phenoxy) is 1. The molecule has 0 unspecified atom stereocenters. The second-order valence-electron chi connectivity index (χ2n) is 4.45. The maximum atomic E-state index is 12.1. The minimum atomic E-state index is -0.156. The quantitative estimate of drug-likeness (QED) is 0.908. The van der Waals surface area contributed by atoms with Gasteiger partial charge in [0.15, 0.2) is 5.89 Å². The van der Waals surface area contributed by atoms with Crippen LogP contribution in [-0.2, 0) is 6.42 Å². The first-order valence-electron chi connectivity index (χ1n) is 6.46. The highest BCUT2D eigenvalue weighted by molar-refractivity contribution is 5.96. The first-order chi connectivity index (χ1) is 9.61. The average molecular weight is 274 g/mol. The number of para-hydroxylation sites is 1. The van der Waals surface area contributed by atoms with Crippen molar-refractivity contribution in [2.24, 2.45) is 0 Å². The number of benzene rings is 1. The monoisotopic (exact) mass is 274 g/mol. The van der Waals surface area contributed by atoms with E-state index in [1.165, 1.54) is 0 Å². The van der Waals surface area contributed by atoms with E-state index in [9.17, 15) is 4.79 Å². The Morgan fingerprint density at radius 3 is 2.75 bits per heavy atom. The molecule has 20 heavy (non-hydrogen) atoms. The molecule has 0 saturated carbocycles. The SMILES string of the molecule is COc1ccccc1C(=O)NCCc1oc(C)nc1C. The van der Waals surface area contributed by atoms with Crippen LogP contribution in [0.25, 0.3) is 0 Å². The van der Waals surface area contributed by atoms with E-state index in [1.807, 2.05) is 19.9 Å². The molecular formula is C15H18N2O3. The van der Waals surface area contributed by atoms with Crippen LogP contribution in [0.15, 0.2) is 28.7 Å². The fourth-order valence-corrected chi connectivity index (χ4v) is 2.02. The number of nitrogens with zero attached hydrogens (tertiary/aromatic N) is 1. The van der Waals surface area contributed by atoms with E-state index >= 15 is 0 Å². The van der Waals surface area contributed by atoms with Gasteiger partial charge in [0.05, 0.1) is 18.4 Å². The largest absolute Gasteiger partial charge is 0.496 e. The van der Waals surface area contributed by atoms with Crippen molar-refractivity contribution in [1.82, 2.24) is 10.3 Å². The fraction of sp³-hybridized carbons (Fsp3) is 0.333. The van der Waals surface area contributed by atoms with E-state index < -0.39 is 0 Å². The van der Waals surface area contributed by atoms with Gasteiger partial charge in [0.1, 0.15) is 11.5 Å². The van der Waals surface area contributed by atoms with Crippen molar-refractivity contribution in [1.29, 1.82) is 0 Å². The van der Waals surface area contributed by atoms with Crippen LogP contribution < -0.4 is 10.1 Å². The number of oxazole rings is 1. The van der Waals surface area contributed by atoms with Crippen molar-refractivity contribution in [2.75, 3.05) is 13.7 Å². The molecule has 1 N–H and O–H groups in total. The molecule has 0 aliphatic carbocycles. The molecule has 1 heterocycles. The third kappa shape index (κ3) is 3.17. The molecule has 1 aromatic heterocycles. The Balaban J connectivity index is 1.94. The van der Waals surface area contributed by atoms with Crippen molar-refractivity contribution < 1.29 is 13.9 Å². The number of amides is 1. The number of aromatic nitrogens is 1. The average Bonchev–Trinajstić information content (AvgIpc) is 2.77. The molecular weight excluding hydrogens is 256 g/mol. The maximum absolute atomic E-state index is 12.1. The summed E-state index contributed by atoms with van der Waals surface area (Å²) in [6.07, 6.45) is 0.619. The second kappa shape index (κ2) is 6.23. The molecule has 5 heteroatoms. The smallest absolute Gasteiger partial charge is 0.255 e. The van der Waals surface area contributed by atoms with Crippen molar-refractivity contribution in [3.8, 4) is 5.75 Å². The van der Waals surface area contributed by atoms with Gasteiger partial charge >= 0.3 is 0 Å². The lowest BCUT2D eigenvalue weighted by molar-refractivity contribution is 0.0950. The van der Waals surface area contributed by atoms with E-state index in [2.05, 4.69) is 10.3 Å². The fourth-order valence-electron chi connectivity index (χ4n) is 2.02. The number of hydrogen-bond donors (Lipinski definition) is 1. The zero-order chi connectivity index (χ0) is 14.5. The van der Waals surface area contributed by atoms with E-state index in [0.29, 0.717) is 30.2 Å². The lowest BCUT2D eigenvalue weighted by Crippen LogP contribution is -2.26. The van der Waals surface area contributed by atoms with Gasteiger partial charge in [0.25, 0.3) is 5.91 Å². The third-order valence-corrected chi connectivity index (χ3v) is 2.99. The first kappa shape index (κ1) is 14.1. The molecule has 2 aromatic rings. The molecule has 0 aliphatic rings. The number of nitrogens with one attached hydrogen (secondary N) is 1. The molecule has 0 saturated heterocycles. The summed E-state index contributed by atoms with van der Waals surface area (Å²) in [7, 11) is 1.55. The minimum Gasteiger partial charge on any atom is -0.496 e. The van der Waals surface area contributed by atoms with Crippen molar-refractivity contribution >= 4 is 5.91 Å². The van der Waals surface area contributed by atoms with E-state index in [-0.39, 0.29) is 5.91 Å². The van der Waals surface area contributed by atoms with Gasteiger partial charge in [-0.3, -0.25) is 4.79 Å². The summed E-state index contributed by atoms with van der Waals surface area (Å²) in [5.74, 6) is 1.87. The van der Waals surface area contributed by atoms with Crippen LogP contribution >= 0.6 is 0 Å². The van der Waals surface area contributed by atoms with Crippen LogP contribution in [0.2, 0.25) is 0 Å². The van der Waals surface area contributed by atoms with Gasteiger partial charge in [0, 0.05) is 19.9 Å². The third-order valence-electron chi connectivity index (χ3n) is 2.99. The zero-order valence-electron chi connectivity index (χ0n) is 11.9. The van der Waals surface area contributed by atoms with Gasteiger partial charge in [-0.1, -0.05) is 12.1 Å². The van der Waals surface area contributed by atoms with Crippen LogP contribution in [0.4, 0.5) is 0 Å². The van der Waals surface area contributed by atoms with Crippen molar-refractivity contribution in [3.05, 3.63) is 47.2 Å². The van der Waals surface area contributed by atoms with Crippen molar-refractivity contribution in [2.45, 2.75) is 20.3 Å². The minimum absolute atomic E-state index is 0.156. The molecule has 5 nitrogen and oxygen atoms in total. The standard InChI is InChI=1S/C15H18N2O3/c1-10-13(20-11(2)17-10)8-9-16-15(18)12-6-4-5-7-14(12)19-3/h4-7H,8-9H2,1-3H3,(H,16,18). The molecule has 0 aliphatic heterocycles. The second-order valence-corrected chi connectivity index (χ2v) is 4.45. The van der Waals surface area contributed by atoms with E-state index in [1.54, 1.807) is 25.3 Å². The summed E-state index contributed by atoms with van der Waals surface area (Å²) in [5, 5.41) is 2.85.